The van der Waals surface area contributed by atoms with Gasteiger partial charge in [-0.15, -0.1) is 0 Å². The third-order valence-corrected chi connectivity index (χ3v) is 2.77. The second-order valence-corrected chi connectivity index (χ2v) is 4.83. The Morgan fingerprint density at radius 1 is 1.19 bits per heavy atom. The van der Waals surface area contributed by atoms with Crippen LogP contribution in [-0.2, 0) is 9.59 Å². The maximum absolute atomic E-state index is 13.7. The molecule has 1 aromatic carbocycles. The van der Waals surface area contributed by atoms with E-state index in [4.69, 9.17) is 0 Å². The number of anilines is 1. The van der Waals surface area contributed by atoms with Gasteiger partial charge in [0.2, 0.25) is 11.8 Å². The predicted molar refractivity (Wildman–Crippen MR) is 75.9 cm³/mol. The molecule has 116 valence electrons. The Balaban J connectivity index is 2.79. The van der Waals surface area contributed by atoms with E-state index in [0.717, 1.165) is 24.0 Å². The summed E-state index contributed by atoms with van der Waals surface area (Å²) in [6.45, 7) is 1.73. The van der Waals surface area contributed by atoms with E-state index >= 15 is 0 Å². The van der Waals surface area contributed by atoms with Crippen LogP contribution in [0.5, 0.6) is 0 Å². The molecule has 0 aliphatic carbocycles. The van der Waals surface area contributed by atoms with E-state index in [1.807, 2.05) is 19.0 Å². The molecule has 0 fully saturated rings. The van der Waals surface area contributed by atoms with Crippen molar-refractivity contribution in [2.24, 2.45) is 0 Å². The van der Waals surface area contributed by atoms with Crippen molar-refractivity contribution in [1.29, 1.82) is 0 Å². The van der Waals surface area contributed by atoms with Crippen molar-refractivity contribution >= 4 is 17.5 Å². The standard InChI is InChI=1S/C14H19F2N3O2/c1-10(20)19(9-13(21)17-7-8-18(2)3)14-11(15)5-4-6-12(14)16/h4-6H,7-9H2,1-3H3,(H,17,21). The highest BCUT2D eigenvalue weighted by Gasteiger charge is 2.22. The lowest BCUT2D eigenvalue weighted by atomic mass is 10.2. The predicted octanol–water partition coefficient (Wildman–Crippen LogP) is 0.996. The molecule has 1 rings (SSSR count). The summed E-state index contributed by atoms with van der Waals surface area (Å²) in [5, 5.41) is 2.59. The summed E-state index contributed by atoms with van der Waals surface area (Å²) < 4.78 is 27.4. The maximum Gasteiger partial charge on any atom is 0.240 e. The topological polar surface area (TPSA) is 52.7 Å². The van der Waals surface area contributed by atoms with Crippen molar-refractivity contribution < 1.29 is 18.4 Å². The average molecular weight is 299 g/mol. The average Bonchev–Trinajstić information content (AvgIpc) is 2.36. The van der Waals surface area contributed by atoms with Gasteiger partial charge in [0.15, 0.2) is 0 Å². The van der Waals surface area contributed by atoms with Crippen LogP contribution in [0.4, 0.5) is 14.5 Å². The fourth-order valence-corrected chi connectivity index (χ4v) is 1.71. The molecule has 0 aromatic heterocycles. The highest BCUT2D eigenvalue weighted by molar-refractivity contribution is 5.97. The van der Waals surface area contributed by atoms with Gasteiger partial charge in [0.05, 0.1) is 0 Å². The fraction of sp³-hybridized carbons (Fsp3) is 0.429. The third kappa shape index (κ3) is 5.11. The molecule has 1 N–H and O–H groups in total. The van der Waals surface area contributed by atoms with Crippen LogP contribution in [0.1, 0.15) is 6.92 Å². The zero-order valence-electron chi connectivity index (χ0n) is 12.3. The third-order valence-electron chi connectivity index (χ3n) is 2.77. The summed E-state index contributed by atoms with van der Waals surface area (Å²) in [5.74, 6) is -2.85. The Labute approximate surface area is 122 Å². The molecule has 0 saturated carbocycles. The molecule has 1 aromatic rings. The maximum atomic E-state index is 13.7. The van der Waals surface area contributed by atoms with Crippen LogP contribution in [0, 0.1) is 11.6 Å². The number of para-hydroxylation sites is 1. The molecule has 0 aliphatic heterocycles. The van der Waals surface area contributed by atoms with E-state index in [1.54, 1.807) is 0 Å². The van der Waals surface area contributed by atoms with Gasteiger partial charge in [-0.2, -0.15) is 0 Å². The number of likely N-dealkylation sites (N-methyl/N-ethyl adjacent to an activating group) is 1. The van der Waals surface area contributed by atoms with Crippen molar-refractivity contribution in [3.8, 4) is 0 Å². The number of halogens is 2. The molecular formula is C14H19F2N3O2. The normalized spacial score (nSPS) is 10.6. The molecule has 7 heteroatoms. The molecule has 21 heavy (non-hydrogen) atoms. The number of nitrogens with zero attached hydrogens (tertiary/aromatic N) is 2. The summed E-state index contributed by atoms with van der Waals surface area (Å²) in [4.78, 5) is 26.0. The van der Waals surface area contributed by atoms with Gasteiger partial charge in [-0.1, -0.05) is 6.07 Å². The largest absolute Gasteiger partial charge is 0.353 e. The Hall–Kier alpha value is -2.02. The zero-order valence-corrected chi connectivity index (χ0v) is 12.3. The van der Waals surface area contributed by atoms with Crippen molar-refractivity contribution in [2.75, 3.05) is 38.6 Å². The van der Waals surface area contributed by atoms with Gasteiger partial charge in [-0.05, 0) is 26.2 Å². The Kier molecular flexibility index (Phi) is 6.23. The number of rotatable bonds is 6. The summed E-state index contributed by atoms with van der Waals surface area (Å²) in [5.41, 5.74) is -0.507. The first-order valence-corrected chi connectivity index (χ1v) is 6.46. The lowest BCUT2D eigenvalue weighted by Gasteiger charge is -2.22. The molecule has 0 saturated heterocycles. The van der Waals surface area contributed by atoms with E-state index in [9.17, 15) is 18.4 Å². The summed E-state index contributed by atoms with van der Waals surface area (Å²) in [6.07, 6.45) is 0. The highest BCUT2D eigenvalue weighted by atomic mass is 19.1. The Morgan fingerprint density at radius 2 is 1.76 bits per heavy atom. The van der Waals surface area contributed by atoms with Crippen LogP contribution in [0.2, 0.25) is 0 Å². The number of carbonyl (C=O) groups is 2. The molecule has 0 atom stereocenters. The molecule has 2 amide bonds. The minimum Gasteiger partial charge on any atom is -0.353 e. The van der Waals surface area contributed by atoms with Gasteiger partial charge >= 0.3 is 0 Å². The van der Waals surface area contributed by atoms with Gasteiger partial charge in [0.25, 0.3) is 0 Å². The lowest BCUT2D eigenvalue weighted by molar-refractivity contribution is -0.123. The Morgan fingerprint density at radius 3 is 2.24 bits per heavy atom. The van der Waals surface area contributed by atoms with Crippen LogP contribution in [0.25, 0.3) is 0 Å². The van der Waals surface area contributed by atoms with Gasteiger partial charge in [0.1, 0.15) is 23.9 Å². The van der Waals surface area contributed by atoms with Crippen LogP contribution < -0.4 is 10.2 Å². The van der Waals surface area contributed by atoms with E-state index < -0.39 is 35.7 Å². The van der Waals surface area contributed by atoms with E-state index in [2.05, 4.69) is 5.32 Å². The number of amides is 2. The number of nitrogens with one attached hydrogen (secondary N) is 1. The first-order chi connectivity index (χ1) is 9.82. The van der Waals surface area contributed by atoms with Crippen LogP contribution in [-0.4, -0.2) is 50.4 Å². The van der Waals surface area contributed by atoms with Gasteiger partial charge < -0.3 is 10.2 Å². The number of hydrogen-bond acceptors (Lipinski definition) is 3. The summed E-state index contributed by atoms with van der Waals surface area (Å²) in [6, 6.07) is 3.28. The second kappa shape index (κ2) is 7.68. The molecule has 0 unspecified atom stereocenters. The first-order valence-electron chi connectivity index (χ1n) is 6.46. The highest BCUT2D eigenvalue weighted by Crippen LogP contribution is 2.23. The quantitative estimate of drug-likeness (QED) is 0.852. The molecule has 0 radical (unpaired) electrons. The molecule has 0 aliphatic rings. The van der Waals surface area contributed by atoms with Crippen LogP contribution in [0.3, 0.4) is 0 Å². The molecule has 0 spiro atoms. The van der Waals surface area contributed by atoms with Gasteiger partial charge in [-0.3, -0.25) is 14.5 Å². The van der Waals surface area contributed by atoms with Crippen molar-refractivity contribution in [3.63, 3.8) is 0 Å². The van der Waals surface area contributed by atoms with E-state index in [1.165, 1.54) is 6.07 Å². The summed E-state index contributed by atoms with van der Waals surface area (Å²) >= 11 is 0. The summed E-state index contributed by atoms with van der Waals surface area (Å²) in [7, 11) is 3.70. The minimum atomic E-state index is -0.883. The number of benzene rings is 1. The number of hydrogen-bond donors (Lipinski definition) is 1. The van der Waals surface area contributed by atoms with Crippen molar-refractivity contribution in [3.05, 3.63) is 29.8 Å². The smallest absolute Gasteiger partial charge is 0.240 e. The van der Waals surface area contributed by atoms with Gasteiger partial charge in [0, 0.05) is 20.0 Å². The lowest BCUT2D eigenvalue weighted by Crippen LogP contribution is -2.42. The monoisotopic (exact) mass is 299 g/mol. The van der Waals surface area contributed by atoms with Crippen molar-refractivity contribution in [2.45, 2.75) is 6.92 Å². The Bertz CT molecular complexity index is 501. The SMILES string of the molecule is CC(=O)N(CC(=O)NCCN(C)C)c1c(F)cccc1F. The van der Waals surface area contributed by atoms with E-state index in [0.29, 0.717) is 13.1 Å². The second-order valence-electron chi connectivity index (χ2n) is 4.83. The van der Waals surface area contributed by atoms with Crippen LogP contribution >= 0.6 is 0 Å². The minimum absolute atomic E-state index is 0.386. The van der Waals surface area contributed by atoms with Crippen LogP contribution in [0.15, 0.2) is 18.2 Å². The first kappa shape index (κ1) is 17.0. The molecule has 5 nitrogen and oxygen atoms in total. The molecule has 0 bridgehead atoms. The molecule has 0 heterocycles. The molecular weight excluding hydrogens is 280 g/mol. The zero-order chi connectivity index (χ0) is 16.0. The van der Waals surface area contributed by atoms with E-state index in [-0.39, 0.29) is 0 Å². The van der Waals surface area contributed by atoms with Crippen molar-refractivity contribution in [1.82, 2.24) is 10.2 Å². The number of carbonyl (C=O) groups excluding carboxylic acids is 2. The fourth-order valence-electron chi connectivity index (χ4n) is 1.71. The van der Waals surface area contributed by atoms with Gasteiger partial charge in [-0.25, -0.2) is 8.78 Å².